The highest BCUT2D eigenvalue weighted by Crippen LogP contribution is 2.43. The maximum atomic E-state index is 13.2. The Labute approximate surface area is 163 Å². The van der Waals surface area contributed by atoms with E-state index in [1.54, 1.807) is 6.07 Å². The van der Waals surface area contributed by atoms with E-state index in [0.717, 1.165) is 24.1 Å². The van der Waals surface area contributed by atoms with Gasteiger partial charge in [0.2, 0.25) is 0 Å². The van der Waals surface area contributed by atoms with Crippen LogP contribution in [0.1, 0.15) is 76.4 Å². The van der Waals surface area contributed by atoms with E-state index in [1.807, 2.05) is 72.5 Å². The summed E-state index contributed by atoms with van der Waals surface area (Å²) < 4.78 is 11.3. The van der Waals surface area contributed by atoms with Crippen molar-refractivity contribution in [1.29, 1.82) is 0 Å². The van der Waals surface area contributed by atoms with Gasteiger partial charge in [-0.3, -0.25) is 4.90 Å². The standard InChI is InChI=1S/C22H33NO4/c1-9-15-10-11-16(18(24)26-20(2,3)4)14-17(15)22(12-13-23(22)8)19(25)27-21(5,6)7/h10-11,14H,9,12-13H2,1-8H3. The summed E-state index contributed by atoms with van der Waals surface area (Å²) in [7, 11) is 1.92. The number of rotatable bonds is 4. The second-order valence-corrected chi connectivity index (χ2v) is 9.26. The Bertz CT molecular complexity index is 727. The largest absolute Gasteiger partial charge is 0.458 e. The van der Waals surface area contributed by atoms with E-state index in [9.17, 15) is 9.59 Å². The molecule has 1 unspecified atom stereocenters. The normalized spacial score (nSPS) is 20.7. The molecule has 27 heavy (non-hydrogen) atoms. The minimum atomic E-state index is -0.851. The van der Waals surface area contributed by atoms with Crippen LogP contribution in [0.3, 0.4) is 0 Å². The number of hydrogen-bond acceptors (Lipinski definition) is 5. The summed E-state index contributed by atoms with van der Waals surface area (Å²) in [6, 6.07) is 5.51. The number of benzene rings is 1. The molecule has 0 bridgehead atoms. The number of carbonyl (C=O) groups is 2. The minimum absolute atomic E-state index is 0.264. The lowest BCUT2D eigenvalue weighted by molar-refractivity contribution is -0.179. The Morgan fingerprint density at radius 3 is 2.07 bits per heavy atom. The van der Waals surface area contributed by atoms with Crippen LogP contribution >= 0.6 is 0 Å². The molecule has 1 saturated heterocycles. The van der Waals surface area contributed by atoms with Crippen molar-refractivity contribution in [2.45, 2.75) is 78.0 Å². The zero-order valence-electron chi connectivity index (χ0n) is 17.9. The van der Waals surface area contributed by atoms with Crippen LogP contribution in [0.25, 0.3) is 0 Å². The van der Waals surface area contributed by atoms with Gasteiger partial charge in [-0.2, -0.15) is 0 Å². The SMILES string of the molecule is CCc1ccc(C(=O)OC(C)(C)C)cc1C1(C(=O)OC(C)(C)C)CCN1C. The number of aryl methyl sites for hydroxylation is 1. The number of carbonyl (C=O) groups excluding carboxylic acids is 2. The molecule has 2 rings (SSSR count). The minimum Gasteiger partial charge on any atom is -0.458 e. The number of nitrogens with zero attached hydrogens (tertiary/aromatic N) is 1. The van der Waals surface area contributed by atoms with Crippen LogP contribution in [0.2, 0.25) is 0 Å². The second-order valence-electron chi connectivity index (χ2n) is 9.26. The van der Waals surface area contributed by atoms with E-state index in [-0.39, 0.29) is 11.9 Å². The number of esters is 2. The third-order valence-electron chi connectivity index (χ3n) is 4.77. The Kier molecular flexibility index (Phi) is 5.77. The molecular formula is C22H33NO4. The first-order chi connectivity index (χ1) is 12.3. The number of hydrogen-bond donors (Lipinski definition) is 0. The molecular weight excluding hydrogens is 342 g/mol. The second kappa shape index (κ2) is 7.27. The summed E-state index contributed by atoms with van der Waals surface area (Å²) in [6.45, 7) is 14.0. The highest BCUT2D eigenvalue weighted by atomic mass is 16.6. The molecule has 1 fully saturated rings. The van der Waals surface area contributed by atoms with Crippen molar-refractivity contribution in [3.05, 3.63) is 34.9 Å². The molecule has 150 valence electrons. The van der Waals surface area contributed by atoms with Gasteiger partial charge in [0.1, 0.15) is 16.7 Å². The lowest BCUT2D eigenvalue weighted by Crippen LogP contribution is -2.61. The zero-order chi connectivity index (χ0) is 20.6. The predicted octanol–water partition coefficient (Wildman–Crippen LogP) is 4.08. The van der Waals surface area contributed by atoms with Crippen molar-refractivity contribution >= 4 is 11.9 Å². The first-order valence-corrected chi connectivity index (χ1v) is 9.61. The summed E-state index contributed by atoms with van der Waals surface area (Å²) >= 11 is 0. The van der Waals surface area contributed by atoms with E-state index in [2.05, 4.69) is 0 Å². The van der Waals surface area contributed by atoms with Gasteiger partial charge in [-0.15, -0.1) is 0 Å². The molecule has 0 radical (unpaired) electrons. The molecule has 1 aliphatic rings. The van der Waals surface area contributed by atoms with E-state index in [4.69, 9.17) is 9.47 Å². The molecule has 1 atom stereocenters. The number of ether oxygens (including phenoxy) is 2. The summed E-state index contributed by atoms with van der Waals surface area (Å²) in [6.07, 6.45) is 1.44. The predicted molar refractivity (Wildman–Crippen MR) is 106 cm³/mol. The molecule has 0 aliphatic carbocycles. The Balaban J connectivity index is 2.51. The molecule has 0 saturated carbocycles. The van der Waals surface area contributed by atoms with Crippen molar-refractivity contribution in [2.24, 2.45) is 0 Å². The zero-order valence-corrected chi connectivity index (χ0v) is 17.9. The Hall–Kier alpha value is -1.88. The van der Waals surface area contributed by atoms with Crippen molar-refractivity contribution in [1.82, 2.24) is 4.90 Å². The first kappa shape index (κ1) is 21.4. The third kappa shape index (κ3) is 4.52. The van der Waals surface area contributed by atoms with Crippen molar-refractivity contribution in [2.75, 3.05) is 13.6 Å². The van der Waals surface area contributed by atoms with Gasteiger partial charge in [0.25, 0.3) is 0 Å². The van der Waals surface area contributed by atoms with E-state index in [0.29, 0.717) is 12.0 Å². The topological polar surface area (TPSA) is 55.8 Å². The Morgan fingerprint density at radius 2 is 1.67 bits per heavy atom. The van der Waals surface area contributed by atoms with Crippen molar-refractivity contribution in [3.63, 3.8) is 0 Å². The highest BCUT2D eigenvalue weighted by molar-refractivity contribution is 5.91. The van der Waals surface area contributed by atoms with Gasteiger partial charge in [0.15, 0.2) is 0 Å². The van der Waals surface area contributed by atoms with E-state index < -0.39 is 16.7 Å². The van der Waals surface area contributed by atoms with Gasteiger partial charge < -0.3 is 9.47 Å². The van der Waals surface area contributed by atoms with Gasteiger partial charge >= 0.3 is 11.9 Å². The maximum absolute atomic E-state index is 13.2. The summed E-state index contributed by atoms with van der Waals surface area (Å²) in [4.78, 5) is 27.8. The first-order valence-electron chi connectivity index (χ1n) is 9.61. The summed E-state index contributed by atoms with van der Waals surface area (Å²) in [5.41, 5.74) is 0.347. The van der Waals surface area contributed by atoms with Gasteiger partial charge in [0.05, 0.1) is 5.56 Å². The molecule has 5 nitrogen and oxygen atoms in total. The molecule has 1 aromatic carbocycles. The van der Waals surface area contributed by atoms with E-state index >= 15 is 0 Å². The van der Waals surface area contributed by atoms with Crippen LogP contribution in [-0.4, -0.2) is 41.6 Å². The molecule has 0 aromatic heterocycles. The van der Waals surface area contributed by atoms with Gasteiger partial charge in [-0.25, -0.2) is 9.59 Å². The monoisotopic (exact) mass is 375 g/mol. The van der Waals surface area contributed by atoms with E-state index in [1.165, 1.54) is 0 Å². The molecule has 1 aromatic rings. The summed E-state index contributed by atoms with van der Waals surface area (Å²) in [5, 5.41) is 0. The fourth-order valence-corrected chi connectivity index (χ4v) is 3.36. The lowest BCUT2D eigenvalue weighted by atomic mass is 9.75. The fraction of sp³-hybridized carbons (Fsp3) is 0.636. The number of likely N-dealkylation sites (tertiary alicyclic amines) is 1. The van der Waals surface area contributed by atoms with Crippen LogP contribution < -0.4 is 0 Å². The quantitative estimate of drug-likeness (QED) is 0.742. The van der Waals surface area contributed by atoms with Crippen molar-refractivity contribution < 1.29 is 19.1 Å². The van der Waals surface area contributed by atoms with Crippen molar-refractivity contribution in [3.8, 4) is 0 Å². The third-order valence-corrected chi connectivity index (χ3v) is 4.77. The molecule has 0 spiro atoms. The number of likely N-dealkylation sites (N-methyl/N-ethyl adjacent to an activating group) is 1. The van der Waals surface area contributed by atoms with Crippen LogP contribution in [0.5, 0.6) is 0 Å². The van der Waals surface area contributed by atoms with Gasteiger partial charge in [-0.05, 0) is 84.7 Å². The van der Waals surface area contributed by atoms with Gasteiger partial charge in [-0.1, -0.05) is 13.0 Å². The smallest absolute Gasteiger partial charge is 0.338 e. The average Bonchev–Trinajstić information content (AvgIpc) is 2.50. The van der Waals surface area contributed by atoms with Crippen LogP contribution in [-0.2, 0) is 26.2 Å². The average molecular weight is 376 g/mol. The Morgan fingerprint density at radius 1 is 1.07 bits per heavy atom. The molecule has 1 aliphatic heterocycles. The molecule has 0 amide bonds. The lowest BCUT2D eigenvalue weighted by Gasteiger charge is -2.50. The van der Waals surface area contributed by atoms with Crippen LogP contribution in [0.4, 0.5) is 0 Å². The highest BCUT2D eigenvalue weighted by Gasteiger charge is 2.53. The molecule has 0 N–H and O–H groups in total. The fourth-order valence-electron chi connectivity index (χ4n) is 3.36. The molecule has 5 heteroatoms. The summed E-state index contributed by atoms with van der Waals surface area (Å²) in [5.74, 6) is -0.646. The molecule has 1 heterocycles. The maximum Gasteiger partial charge on any atom is 0.338 e. The van der Waals surface area contributed by atoms with Gasteiger partial charge in [0, 0.05) is 6.54 Å². The van der Waals surface area contributed by atoms with Crippen LogP contribution in [0, 0.1) is 0 Å². The van der Waals surface area contributed by atoms with Crippen LogP contribution in [0.15, 0.2) is 18.2 Å².